The lowest BCUT2D eigenvalue weighted by atomic mass is 10.1. The molecule has 0 unspecified atom stereocenters. The summed E-state index contributed by atoms with van der Waals surface area (Å²) in [5.74, 6) is 0.0958. The van der Waals surface area contributed by atoms with Gasteiger partial charge in [-0.05, 0) is 39.8 Å². The lowest BCUT2D eigenvalue weighted by Crippen LogP contribution is -2.23. The highest BCUT2D eigenvalue weighted by molar-refractivity contribution is 7.15. The van der Waals surface area contributed by atoms with Crippen LogP contribution in [-0.4, -0.2) is 40.8 Å². The second kappa shape index (κ2) is 7.09. The first-order valence-electron chi connectivity index (χ1n) is 9.95. The number of rotatable bonds is 3. The van der Waals surface area contributed by atoms with Gasteiger partial charge in [0.2, 0.25) is 5.13 Å². The summed E-state index contributed by atoms with van der Waals surface area (Å²) in [6, 6.07) is 7.64. The van der Waals surface area contributed by atoms with E-state index in [-0.39, 0.29) is 11.4 Å². The Morgan fingerprint density at radius 3 is 2.72 bits per heavy atom. The third kappa shape index (κ3) is 3.36. The molecule has 0 spiro atoms. The zero-order chi connectivity index (χ0) is 22.6. The lowest BCUT2D eigenvalue weighted by Gasteiger charge is -2.19. The minimum atomic E-state index is -0.290. The molecule has 10 nitrogen and oxygen atoms in total. The highest BCUT2D eigenvalue weighted by Crippen LogP contribution is 2.34. The average molecular weight is 448 g/mol. The molecule has 0 radical (unpaired) electrons. The van der Waals surface area contributed by atoms with Gasteiger partial charge in [0, 0.05) is 16.5 Å². The van der Waals surface area contributed by atoms with Gasteiger partial charge in [0.05, 0.1) is 10.9 Å². The SMILES string of the molecule is Cc1nnc(NC(=O)c2cc3ccc(-c4nn(C(C)(C)C)c5ncnc(N)c45)cc3[nH]2)s1. The Morgan fingerprint density at radius 2 is 2.00 bits per heavy atom. The number of nitrogens with zero attached hydrogens (tertiary/aromatic N) is 6. The molecule has 0 aliphatic heterocycles. The normalized spacial score (nSPS) is 12.0. The zero-order valence-corrected chi connectivity index (χ0v) is 18.8. The highest BCUT2D eigenvalue weighted by Gasteiger charge is 2.24. The Labute approximate surface area is 186 Å². The van der Waals surface area contributed by atoms with Crippen molar-refractivity contribution in [3.05, 3.63) is 41.3 Å². The number of hydrogen-bond donors (Lipinski definition) is 3. The van der Waals surface area contributed by atoms with E-state index in [0.717, 1.165) is 21.5 Å². The lowest BCUT2D eigenvalue weighted by molar-refractivity contribution is 0.102. The standard InChI is InChI=1S/C21H21N9OS/c1-10-27-28-20(32-10)26-19(31)14-7-11-5-6-12(8-13(11)25-14)16-15-17(22)23-9-24-18(15)30(29-16)21(2,3)4/h5-9,25H,1-4H3,(H2,22,23,24)(H,26,28,31). The number of anilines is 2. The molecule has 4 aromatic heterocycles. The molecule has 0 saturated carbocycles. The largest absolute Gasteiger partial charge is 0.383 e. The number of amides is 1. The average Bonchev–Trinajstić information content (AvgIpc) is 3.43. The Balaban J connectivity index is 1.57. The van der Waals surface area contributed by atoms with Crippen LogP contribution in [0.2, 0.25) is 0 Å². The van der Waals surface area contributed by atoms with E-state index in [9.17, 15) is 4.79 Å². The molecular formula is C21H21N9OS. The van der Waals surface area contributed by atoms with Crippen molar-refractivity contribution in [1.29, 1.82) is 0 Å². The summed E-state index contributed by atoms with van der Waals surface area (Å²) >= 11 is 1.32. The molecule has 0 bridgehead atoms. The monoisotopic (exact) mass is 447 g/mol. The quantitative estimate of drug-likeness (QED) is 0.383. The molecule has 0 fully saturated rings. The molecule has 0 atom stereocenters. The summed E-state index contributed by atoms with van der Waals surface area (Å²) in [6.07, 6.45) is 1.45. The first kappa shape index (κ1) is 20.1. The minimum Gasteiger partial charge on any atom is -0.383 e. The molecule has 0 saturated heterocycles. The molecule has 11 heteroatoms. The summed E-state index contributed by atoms with van der Waals surface area (Å²) < 4.78 is 1.86. The van der Waals surface area contributed by atoms with Crippen molar-refractivity contribution in [2.24, 2.45) is 0 Å². The van der Waals surface area contributed by atoms with Crippen molar-refractivity contribution in [2.45, 2.75) is 33.2 Å². The maximum atomic E-state index is 12.6. The number of aryl methyl sites for hydroxylation is 1. The Hall–Kier alpha value is -3.86. The molecule has 4 N–H and O–H groups in total. The number of hydrogen-bond acceptors (Lipinski definition) is 8. The fourth-order valence-corrected chi connectivity index (χ4v) is 4.14. The topological polar surface area (TPSA) is 140 Å². The zero-order valence-electron chi connectivity index (χ0n) is 18.0. The van der Waals surface area contributed by atoms with E-state index in [2.05, 4.69) is 51.2 Å². The van der Waals surface area contributed by atoms with Crippen molar-refractivity contribution in [1.82, 2.24) is 34.9 Å². The van der Waals surface area contributed by atoms with E-state index >= 15 is 0 Å². The number of aromatic amines is 1. The van der Waals surface area contributed by atoms with Gasteiger partial charge in [-0.25, -0.2) is 14.6 Å². The van der Waals surface area contributed by atoms with Crippen LogP contribution in [0.15, 0.2) is 30.6 Å². The third-order valence-electron chi connectivity index (χ3n) is 5.02. The number of nitrogens with one attached hydrogen (secondary N) is 2. The van der Waals surface area contributed by atoms with Crippen LogP contribution in [0.25, 0.3) is 33.2 Å². The molecule has 4 heterocycles. The molecular weight excluding hydrogens is 426 g/mol. The highest BCUT2D eigenvalue weighted by atomic mass is 32.1. The first-order valence-corrected chi connectivity index (χ1v) is 10.8. The number of carbonyl (C=O) groups excluding carboxylic acids is 1. The van der Waals surface area contributed by atoms with Gasteiger partial charge in [-0.3, -0.25) is 10.1 Å². The maximum absolute atomic E-state index is 12.6. The maximum Gasteiger partial charge on any atom is 0.273 e. The van der Waals surface area contributed by atoms with Gasteiger partial charge >= 0.3 is 0 Å². The smallest absolute Gasteiger partial charge is 0.273 e. The van der Waals surface area contributed by atoms with Gasteiger partial charge in [0.25, 0.3) is 5.91 Å². The van der Waals surface area contributed by atoms with Crippen LogP contribution >= 0.6 is 11.3 Å². The number of benzene rings is 1. The van der Waals surface area contributed by atoms with Crippen LogP contribution in [0.1, 0.15) is 36.3 Å². The van der Waals surface area contributed by atoms with E-state index in [1.54, 1.807) is 6.07 Å². The van der Waals surface area contributed by atoms with Gasteiger partial charge in [-0.1, -0.05) is 23.5 Å². The van der Waals surface area contributed by atoms with E-state index < -0.39 is 0 Å². The minimum absolute atomic E-state index is 0.279. The number of carbonyl (C=O) groups is 1. The number of nitrogen functional groups attached to an aromatic ring is 1. The van der Waals surface area contributed by atoms with Crippen LogP contribution in [0.4, 0.5) is 10.9 Å². The van der Waals surface area contributed by atoms with Gasteiger partial charge in [0.1, 0.15) is 28.5 Å². The van der Waals surface area contributed by atoms with E-state index in [1.807, 2.05) is 29.8 Å². The predicted molar refractivity (Wildman–Crippen MR) is 125 cm³/mol. The molecule has 5 aromatic rings. The molecule has 1 amide bonds. The molecule has 1 aromatic carbocycles. The molecule has 162 valence electrons. The first-order chi connectivity index (χ1) is 15.2. The molecule has 32 heavy (non-hydrogen) atoms. The fraction of sp³-hybridized carbons (Fsp3) is 0.238. The molecule has 0 aliphatic rings. The van der Waals surface area contributed by atoms with Crippen molar-refractivity contribution in [3.63, 3.8) is 0 Å². The fourth-order valence-electron chi connectivity index (χ4n) is 3.55. The summed E-state index contributed by atoms with van der Waals surface area (Å²) in [6.45, 7) is 8.00. The second-order valence-corrected chi connectivity index (χ2v) is 9.64. The van der Waals surface area contributed by atoms with E-state index in [4.69, 9.17) is 10.8 Å². The van der Waals surface area contributed by atoms with E-state index in [0.29, 0.717) is 33.4 Å². The molecule has 0 aliphatic carbocycles. The van der Waals surface area contributed by atoms with Crippen LogP contribution in [-0.2, 0) is 5.54 Å². The Morgan fingerprint density at radius 1 is 1.19 bits per heavy atom. The van der Waals surface area contributed by atoms with Crippen molar-refractivity contribution in [3.8, 4) is 11.3 Å². The summed E-state index contributed by atoms with van der Waals surface area (Å²) in [5.41, 5.74) is 9.37. The Bertz CT molecular complexity index is 1490. The van der Waals surface area contributed by atoms with E-state index in [1.165, 1.54) is 17.7 Å². The Kier molecular flexibility index (Phi) is 4.45. The number of nitrogens with two attached hydrogens (primary N) is 1. The van der Waals surface area contributed by atoms with Crippen molar-refractivity contribution < 1.29 is 4.79 Å². The van der Waals surface area contributed by atoms with Crippen LogP contribution in [0.3, 0.4) is 0 Å². The number of fused-ring (bicyclic) bond motifs is 2. The third-order valence-corrected chi connectivity index (χ3v) is 5.77. The van der Waals surface area contributed by atoms with Crippen LogP contribution < -0.4 is 11.1 Å². The van der Waals surface area contributed by atoms with Crippen LogP contribution in [0.5, 0.6) is 0 Å². The number of H-pyrrole nitrogens is 1. The predicted octanol–water partition coefficient (Wildman–Crippen LogP) is 3.72. The van der Waals surface area contributed by atoms with Gasteiger partial charge in [-0.2, -0.15) is 5.10 Å². The van der Waals surface area contributed by atoms with Gasteiger partial charge in [-0.15, -0.1) is 10.2 Å². The van der Waals surface area contributed by atoms with Crippen LogP contribution in [0, 0.1) is 6.92 Å². The molecule has 5 rings (SSSR count). The van der Waals surface area contributed by atoms with Crippen molar-refractivity contribution in [2.75, 3.05) is 11.1 Å². The van der Waals surface area contributed by atoms with Gasteiger partial charge in [0.15, 0.2) is 5.65 Å². The van der Waals surface area contributed by atoms with Crippen molar-refractivity contribution >= 4 is 50.1 Å². The second-order valence-electron chi connectivity index (χ2n) is 8.45. The summed E-state index contributed by atoms with van der Waals surface area (Å²) in [7, 11) is 0. The number of aromatic nitrogens is 7. The van der Waals surface area contributed by atoms with Gasteiger partial charge < -0.3 is 10.7 Å². The summed E-state index contributed by atoms with van der Waals surface area (Å²) in [4.78, 5) is 24.4. The summed E-state index contributed by atoms with van der Waals surface area (Å²) in [5, 5.41) is 18.3.